The van der Waals surface area contributed by atoms with Crippen LogP contribution in [0, 0.1) is 21.7 Å². The van der Waals surface area contributed by atoms with Crippen molar-refractivity contribution in [3.8, 4) is 11.5 Å². The van der Waals surface area contributed by atoms with E-state index in [-0.39, 0.29) is 17.4 Å². The number of nitro benzene ring substituents is 1. The monoisotopic (exact) mass is 299 g/mol. The Balaban J connectivity index is 2.42. The van der Waals surface area contributed by atoms with Gasteiger partial charge in [0.15, 0.2) is 0 Å². The molecule has 0 spiro atoms. The van der Waals surface area contributed by atoms with Crippen molar-refractivity contribution in [3.05, 3.63) is 63.7 Å². The highest BCUT2D eigenvalue weighted by Crippen LogP contribution is 2.34. The van der Waals surface area contributed by atoms with Crippen molar-refractivity contribution < 1.29 is 18.4 Å². The van der Waals surface area contributed by atoms with Gasteiger partial charge in [0, 0.05) is 5.56 Å². The SMILES string of the molecule is O=[N+]([O-])c1cc(F)ccc1Oc1ccc(F)cc1CCl. The van der Waals surface area contributed by atoms with Gasteiger partial charge in [0.25, 0.3) is 0 Å². The number of ether oxygens (including phenoxy) is 1. The maximum Gasteiger partial charge on any atom is 0.314 e. The van der Waals surface area contributed by atoms with Crippen LogP contribution in [0.1, 0.15) is 5.56 Å². The smallest absolute Gasteiger partial charge is 0.314 e. The van der Waals surface area contributed by atoms with Crippen molar-refractivity contribution in [1.29, 1.82) is 0 Å². The molecule has 0 aliphatic rings. The van der Waals surface area contributed by atoms with Crippen LogP contribution < -0.4 is 4.74 Å². The summed E-state index contributed by atoms with van der Waals surface area (Å²) in [5, 5.41) is 10.8. The Bertz CT molecular complexity index is 664. The maximum absolute atomic E-state index is 13.1. The zero-order chi connectivity index (χ0) is 14.7. The number of hydrogen-bond acceptors (Lipinski definition) is 3. The molecule has 0 saturated heterocycles. The third-order valence-corrected chi connectivity index (χ3v) is 2.79. The van der Waals surface area contributed by atoms with Crippen LogP contribution in [0.25, 0.3) is 0 Å². The lowest BCUT2D eigenvalue weighted by atomic mass is 10.2. The van der Waals surface area contributed by atoms with Gasteiger partial charge in [0.1, 0.15) is 17.4 Å². The molecule has 0 radical (unpaired) electrons. The Morgan fingerprint density at radius 2 is 1.70 bits per heavy atom. The fraction of sp³-hybridized carbons (Fsp3) is 0.0769. The maximum atomic E-state index is 13.1. The molecule has 0 aliphatic carbocycles. The standard InChI is InChI=1S/C13H8ClF2NO3/c14-7-8-5-9(15)1-3-12(8)20-13-4-2-10(16)6-11(13)17(18)19/h1-6H,7H2. The first-order valence-electron chi connectivity index (χ1n) is 5.47. The molecule has 0 N–H and O–H groups in total. The number of hydrogen-bond donors (Lipinski definition) is 0. The summed E-state index contributed by atoms with van der Waals surface area (Å²) >= 11 is 5.66. The van der Waals surface area contributed by atoms with Gasteiger partial charge in [0.05, 0.1) is 16.9 Å². The lowest BCUT2D eigenvalue weighted by molar-refractivity contribution is -0.385. The van der Waals surface area contributed by atoms with Gasteiger partial charge >= 0.3 is 5.69 Å². The average molecular weight is 300 g/mol. The second-order valence-corrected chi connectivity index (χ2v) is 4.12. The van der Waals surface area contributed by atoms with Crippen molar-refractivity contribution >= 4 is 17.3 Å². The van der Waals surface area contributed by atoms with Crippen LogP contribution in [0.2, 0.25) is 0 Å². The van der Waals surface area contributed by atoms with Crippen LogP contribution in [-0.2, 0) is 5.88 Å². The van der Waals surface area contributed by atoms with Gasteiger partial charge in [-0.2, -0.15) is 0 Å². The summed E-state index contributed by atoms with van der Waals surface area (Å²) in [6.07, 6.45) is 0. The molecule has 4 nitrogen and oxygen atoms in total. The Morgan fingerprint density at radius 1 is 1.10 bits per heavy atom. The first-order chi connectivity index (χ1) is 9.51. The summed E-state index contributed by atoms with van der Waals surface area (Å²) in [7, 11) is 0. The highest BCUT2D eigenvalue weighted by Gasteiger charge is 2.18. The van der Waals surface area contributed by atoms with Crippen LogP contribution in [0.4, 0.5) is 14.5 Å². The number of benzene rings is 2. The summed E-state index contributed by atoms with van der Waals surface area (Å²) in [6, 6.07) is 6.53. The summed E-state index contributed by atoms with van der Waals surface area (Å²) in [4.78, 5) is 10.1. The quantitative estimate of drug-likeness (QED) is 0.477. The highest BCUT2D eigenvalue weighted by atomic mass is 35.5. The third-order valence-electron chi connectivity index (χ3n) is 2.50. The van der Waals surface area contributed by atoms with Crippen LogP contribution in [-0.4, -0.2) is 4.92 Å². The molecule has 104 valence electrons. The topological polar surface area (TPSA) is 52.4 Å². The third kappa shape index (κ3) is 3.03. The molecule has 2 rings (SSSR count). The Morgan fingerprint density at radius 3 is 2.30 bits per heavy atom. The van der Waals surface area contributed by atoms with E-state index in [1.807, 2.05) is 0 Å². The fourth-order valence-corrected chi connectivity index (χ4v) is 1.80. The second kappa shape index (κ2) is 5.83. The number of nitrogens with zero attached hydrogens (tertiary/aromatic N) is 1. The zero-order valence-electron chi connectivity index (χ0n) is 9.98. The van der Waals surface area contributed by atoms with E-state index in [0.29, 0.717) is 5.56 Å². The van der Waals surface area contributed by atoms with E-state index in [1.54, 1.807) is 0 Å². The Labute approximate surface area is 117 Å². The Kier molecular flexibility index (Phi) is 4.14. The molecule has 0 bridgehead atoms. The van der Waals surface area contributed by atoms with Gasteiger partial charge in [-0.3, -0.25) is 10.1 Å². The molecule has 0 saturated carbocycles. The lowest BCUT2D eigenvalue weighted by Crippen LogP contribution is -1.96. The molecular weight excluding hydrogens is 292 g/mol. The minimum Gasteiger partial charge on any atom is -0.450 e. The molecule has 7 heteroatoms. The van der Waals surface area contributed by atoms with E-state index < -0.39 is 22.2 Å². The van der Waals surface area contributed by atoms with Gasteiger partial charge < -0.3 is 4.74 Å². The molecule has 20 heavy (non-hydrogen) atoms. The van der Waals surface area contributed by atoms with Crippen LogP contribution in [0.5, 0.6) is 11.5 Å². The van der Waals surface area contributed by atoms with E-state index in [4.69, 9.17) is 16.3 Å². The van der Waals surface area contributed by atoms with Crippen LogP contribution in [0.3, 0.4) is 0 Å². The highest BCUT2D eigenvalue weighted by molar-refractivity contribution is 6.17. The van der Waals surface area contributed by atoms with E-state index in [2.05, 4.69) is 0 Å². The summed E-state index contributed by atoms with van der Waals surface area (Å²) < 4.78 is 31.4. The van der Waals surface area contributed by atoms with Crippen molar-refractivity contribution in [2.45, 2.75) is 5.88 Å². The van der Waals surface area contributed by atoms with E-state index in [1.165, 1.54) is 6.07 Å². The van der Waals surface area contributed by atoms with Crippen molar-refractivity contribution in [2.24, 2.45) is 0 Å². The Hall–Kier alpha value is -2.21. The first-order valence-corrected chi connectivity index (χ1v) is 6.01. The zero-order valence-corrected chi connectivity index (χ0v) is 10.7. The fourth-order valence-electron chi connectivity index (χ4n) is 1.59. The summed E-state index contributed by atoms with van der Waals surface area (Å²) in [5.41, 5.74) is -0.180. The van der Waals surface area contributed by atoms with Crippen molar-refractivity contribution in [3.63, 3.8) is 0 Å². The number of nitro groups is 1. The molecular formula is C13H8ClF2NO3. The van der Waals surface area contributed by atoms with Gasteiger partial charge in [-0.05, 0) is 30.3 Å². The van der Waals surface area contributed by atoms with Gasteiger partial charge in [0.2, 0.25) is 5.75 Å². The van der Waals surface area contributed by atoms with Crippen molar-refractivity contribution in [1.82, 2.24) is 0 Å². The molecule has 0 amide bonds. The molecule has 0 unspecified atom stereocenters. The van der Waals surface area contributed by atoms with E-state index in [9.17, 15) is 18.9 Å². The number of alkyl halides is 1. The largest absolute Gasteiger partial charge is 0.450 e. The molecule has 0 aromatic heterocycles. The average Bonchev–Trinajstić information content (AvgIpc) is 2.42. The predicted molar refractivity (Wildman–Crippen MR) is 69.1 cm³/mol. The lowest BCUT2D eigenvalue weighted by Gasteiger charge is -2.09. The van der Waals surface area contributed by atoms with E-state index in [0.717, 1.165) is 30.3 Å². The number of halogens is 3. The first kappa shape index (κ1) is 14.2. The van der Waals surface area contributed by atoms with Gasteiger partial charge in [-0.15, -0.1) is 11.6 Å². The second-order valence-electron chi connectivity index (χ2n) is 3.86. The van der Waals surface area contributed by atoms with Crippen LogP contribution in [0.15, 0.2) is 36.4 Å². The minimum atomic E-state index is -0.762. The normalized spacial score (nSPS) is 10.3. The molecule has 2 aromatic carbocycles. The van der Waals surface area contributed by atoms with Crippen molar-refractivity contribution in [2.75, 3.05) is 0 Å². The predicted octanol–water partition coefficient (Wildman–Crippen LogP) is 4.40. The molecule has 0 aliphatic heterocycles. The molecule has 0 heterocycles. The van der Waals surface area contributed by atoms with Gasteiger partial charge in [-0.25, -0.2) is 8.78 Å². The molecule has 0 atom stereocenters. The van der Waals surface area contributed by atoms with Crippen LogP contribution >= 0.6 is 11.6 Å². The number of rotatable bonds is 4. The molecule has 2 aromatic rings. The summed E-state index contributed by atoms with van der Waals surface area (Å²) in [5.74, 6) is -1.24. The molecule has 0 fully saturated rings. The van der Waals surface area contributed by atoms with E-state index >= 15 is 0 Å². The van der Waals surface area contributed by atoms with Gasteiger partial charge in [-0.1, -0.05) is 0 Å². The summed E-state index contributed by atoms with van der Waals surface area (Å²) in [6.45, 7) is 0. The minimum absolute atomic E-state index is 0.0257.